The molecule has 0 bridgehead atoms. The zero-order valence-corrected chi connectivity index (χ0v) is 19.3. The van der Waals surface area contributed by atoms with Gasteiger partial charge in [0.25, 0.3) is 0 Å². The normalized spacial score (nSPS) is 12.8. The van der Waals surface area contributed by atoms with Gasteiger partial charge in [-0.3, -0.25) is 4.68 Å². The first-order chi connectivity index (χ1) is 14.5. The molecule has 1 atom stereocenters. The molecule has 0 spiro atoms. The lowest BCUT2D eigenvalue weighted by atomic mass is 10.0. The molecule has 2 heterocycles. The van der Waals surface area contributed by atoms with Crippen molar-refractivity contribution in [3.05, 3.63) is 58.4 Å². The molecule has 30 heavy (non-hydrogen) atoms. The van der Waals surface area contributed by atoms with Crippen molar-refractivity contribution in [2.75, 3.05) is 6.66 Å². The third-order valence-electron chi connectivity index (χ3n) is 5.35. The Hall–Kier alpha value is -2.30. The summed E-state index contributed by atoms with van der Waals surface area (Å²) in [6.07, 6.45) is 7.40. The summed E-state index contributed by atoms with van der Waals surface area (Å²) in [4.78, 5) is 4.64. The van der Waals surface area contributed by atoms with E-state index in [4.69, 9.17) is 0 Å². The summed E-state index contributed by atoms with van der Waals surface area (Å²) < 4.78 is 18.5. The van der Waals surface area contributed by atoms with E-state index in [2.05, 4.69) is 30.0 Å². The number of fused-ring (bicyclic) bond motifs is 1. The fourth-order valence-corrected chi connectivity index (χ4v) is 3.94. The summed E-state index contributed by atoms with van der Waals surface area (Å²) >= 11 is 0. The number of halogens is 1. The summed E-state index contributed by atoms with van der Waals surface area (Å²) in [7, 11) is 4.34. The van der Waals surface area contributed by atoms with Gasteiger partial charge in [-0.1, -0.05) is 32.1 Å². The minimum absolute atomic E-state index is 0.145. The Morgan fingerprint density at radius 1 is 1.23 bits per heavy atom. The van der Waals surface area contributed by atoms with Crippen molar-refractivity contribution < 1.29 is 9.50 Å². The van der Waals surface area contributed by atoms with Crippen molar-refractivity contribution in [2.24, 2.45) is 7.05 Å². The van der Waals surface area contributed by atoms with Crippen LogP contribution in [0.15, 0.2) is 24.4 Å². The van der Waals surface area contributed by atoms with Gasteiger partial charge in [-0.05, 0) is 43.9 Å². The van der Waals surface area contributed by atoms with Crippen LogP contribution in [0.5, 0.6) is 0 Å². The van der Waals surface area contributed by atoms with Crippen LogP contribution in [0.25, 0.3) is 23.2 Å². The molecule has 0 fully saturated rings. The molecule has 2 aromatic heterocycles. The minimum Gasteiger partial charge on any atom is -0.390 e. The highest BCUT2D eigenvalue weighted by Crippen LogP contribution is 2.33. The molecule has 160 valence electrons. The molecule has 1 unspecified atom stereocenters. The molecule has 5 nitrogen and oxygen atoms in total. The fraction of sp³-hybridized carbons (Fsp3) is 0.391. The van der Waals surface area contributed by atoms with Crippen molar-refractivity contribution in [2.45, 2.75) is 46.1 Å². The zero-order chi connectivity index (χ0) is 21.8. The lowest BCUT2D eigenvalue weighted by Crippen LogP contribution is -2.08. The van der Waals surface area contributed by atoms with E-state index in [0.29, 0.717) is 11.5 Å². The van der Waals surface area contributed by atoms with Crippen LogP contribution >= 0.6 is 9.24 Å². The summed E-state index contributed by atoms with van der Waals surface area (Å²) in [5.74, 6) is 0.464. The maximum atomic E-state index is 14.6. The molecular formula is C23H30FN4OP. The number of benzene rings is 1. The van der Waals surface area contributed by atoms with Gasteiger partial charge in [0, 0.05) is 35.8 Å². The van der Waals surface area contributed by atoms with Crippen molar-refractivity contribution in [1.29, 1.82) is 0 Å². The van der Waals surface area contributed by atoms with Crippen LogP contribution in [0.3, 0.4) is 0 Å². The average Bonchev–Trinajstić information content (AvgIpc) is 3.29. The summed E-state index contributed by atoms with van der Waals surface area (Å²) in [5, 5.41) is 14.2. The smallest absolute Gasteiger partial charge is 0.144 e. The van der Waals surface area contributed by atoms with Gasteiger partial charge in [0.05, 0.1) is 18.0 Å². The van der Waals surface area contributed by atoms with Crippen LogP contribution in [0, 0.1) is 12.7 Å². The van der Waals surface area contributed by atoms with Crippen LogP contribution in [0.1, 0.15) is 48.0 Å². The van der Waals surface area contributed by atoms with E-state index in [-0.39, 0.29) is 12.4 Å². The van der Waals surface area contributed by atoms with Gasteiger partial charge in [0.2, 0.25) is 0 Å². The second-order valence-corrected chi connectivity index (χ2v) is 7.36. The molecule has 4 rings (SSSR count). The molecule has 1 N–H and O–H groups in total. The van der Waals surface area contributed by atoms with E-state index in [0.717, 1.165) is 59.5 Å². The average molecular weight is 428 g/mol. The first kappa shape index (κ1) is 22.4. The third-order valence-corrected chi connectivity index (χ3v) is 5.35. The highest BCUT2D eigenvalue weighted by molar-refractivity contribution is 7.15. The van der Waals surface area contributed by atoms with Crippen molar-refractivity contribution in [3.8, 4) is 11.4 Å². The van der Waals surface area contributed by atoms with Crippen LogP contribution in [0.4, 0.5) is 4.39 Å². The third kappa shape index (κ3) is 4.26. The molecule has 7 heteroatoms. The number of imidazole rings is 1. The molecule has 1 aliphatic rings. The number of allylic oxidation sites excluding steroid dienone is 1. The monoisotopic (exact) mass is 428 g/mol. The molecule has 0 amide bonds. The van der Waals surface area contributed by atoms with Crippen LogP contribution in [0.2, 0.25) is 0 Å². The topological polar surface area (TPSA) is 55.9 Å². The van der Waals surface area contributed by atoms with E-state index >= 15 is 0 Å². The summed E-state index contributed by atoms with van der Waals surface area (Å²) in [5.41, 5.74) is 6.21. The number of rotatable bonds is 5. The lowest BCUT2D eigenvalue weighted by Gasteiger charge is -2.18. The SMILES string of the molecule is CCCc1ccc(-c2nc(CO)c(C)n2C2=Cc3cn(C)nc3CC2)cc1F.CP. The highest BCUT2D eigenvalue weighted by atomic mass is 31.0. The highest BCUT2D eigenvalue weighted by Gasteiger charge is 2.22. The molecule has 0 radical (unpaired) electrons. The van der Waals surface area contributed by atoms with E-state index < -0.39 is 0 Å². The summed E-state index contributed by atoms with van der Waals surface area (Å²) in [6, 6.07) is 5.32. The number of aromatic nitrogens is 4. The second-order valence-electron chi connectivity index (χ2n) is 7.36. The quantitative estimate of drug-likeness (QED) is 0.604. The number of aryl methyl sites for hydroxylation is 3. The fourth-order valence-electron chi connectivity index (χ4n) is 3.94. The Kier molecular flexibility index (Phi) is 7.22. The molecular weight excluding hydrogens is 398 g/mol. The molecule has 0 saturated heterocycles. The summed E-state index contributed by atoms with van der Waals surface area (Å²) in [6.45, 7) is 5.76. The van der Waals surface area contributed by atoms with Crippen LogP contribution < -0.4 is 0 Å². The van der Waals surface area contributed by atoms with Gasteiger partial charge in [-0.2, -0.15) is 5.10 Å². The number of aliphatic hydroxyl groups is 1. The maximum Gasteiger partial charge on any atom is 0.144 e. The van der Waals surface area contributed by atoms with Crippen molar-refractivity contribution >= 4 is 21.0 Å². The first-order valence-electron chi connectivity index (χ1n) is 10.3. The molecule has 1 aromatic carbocycles. The van der Waals surface area contributed by atoms with Gasteiger partial charge in [-0.15, -0.1) is 9.24 Å². The van der Waals surface area contributed by atoms with Crippen LogP contribution in [-0.2, 0) is 26.5 Å². The Morgan fingerprint density at radius 2 is 2.00 bits per heavy atom. The van der Waals surface area contributed by atoms with Crippen molar-refractivity contribution in [3.63, 3.8) is 0 Å². The minimum atomic E-state index is -0.204. The first-order valence-corrected chi connectivity index (χ1v) is 11.5. The van der Waals surface area contributed by atoms with Gasteiger partial charge < -0.3 is 9.67 Å². The van der Waals surface area contributed by atoms with E-state index in [1.807, 2.05) is 50.6 Å². The Bertz CT molecular complexity index is 1070. The standard InChI is InChI=1S/C22H25FN4O.CH5P/c1-4-5-15-6-7-16(11-19(15)23)22-24-21(13-28)14(2)27(22)18-8-9-20-17(10-18)12-26(3)25-20;1-2/h6-7,10-12,28H,4-5,8-9,13H2,1-3H3;2H2,1H3. The number of nitrogens with zero attached hydrogens (tertiary/aromatic N) is 4. The van der Waals surface area contributed by atoms with E-state index in [9.17, 15) is 9.50 Å². The van der Waals surface area contributed by atoms with E-state index in [1.54, 1.807) is 6.07 Å². The Labute approximate surface area is 179 Å². The van der Waals surface area contributed by atoms with Gasteiger partial charge in [-0.25, -0.2) is 9.37 Å². The zero-order valence-electron chi connectivity index (χ0n) is 18.1. The number of hydrogen-bond acceptors (Lipinski definition) is 3. The Morgan fingerprint density at radius 3 is 2.67 bits per heavy atom. The van der Waals surface area contributed by atoms with Gasteiger partial charge >= 0.3 is 0 Å². The largest absolute Gasteiger partial charge is 0.390 e. The predicted octanol–water partition coefficient (Wildman–Crippen LogP) is 4.61. The van der Waals surface area contributed by atoms with Crippen LogP contribution in [-0.4, -0.2) is 31.1 Å². The van der Waals surface area contributed by atoms with Crippen molar-refractivity contribution in [1.82, 2.24) is 19.3 Å². The lowest BCUT2D eigenvalue weighted by molar-refractivity contribution is 0.276. The van der Waals surface area contributed by atoms with Gasteiger partial charge in [0.1, 0.15) is 11.6 Å². The molecule has 1 aliphatic carbocycles. The van der Waals surface area contributed by atoms with Gasteiger partial charge in [0.15, 0.2) is 0 Å². The predicted molar refractivity (Wildman–Crippen MR) is 124 cm³/mol. The second kappa shape index (κ2) is 9.67. The molecule has 0 aliphatic heterocycles. The Balaban J connectivity index is 0.00000124. The maximum absolute atomic E-state index is 14.6. The molecule has 3 aromatic rings. The number of hydrogen-bond donors (Lipinski definition) is 1. The van der Waals surface area contributed by atoms with E-state index in [1.165, 1.54) is 0 Å². The molecule has 0 saturated carbocycles. The number of aliphatic hydroxyl groups excluding tert-OH is 1.